The maximum Gasteiger partial charge on any atom is 0.337 e. The van der Waals surface area contributed by atoms with Gasteiger partial charge < -0.3 is 5.11 Å². The van der Waals surface area contributed by atoms with E-state index >= 15 is 0 Å². The predicted octanol–water partition coefficient (Wildman–Crippen LogP) is 3.60. The third-order valence-electron chi connectivity index (χ3n) is 4.22. The SMILES string of the molecule is CCCn1nc(CC)nc1Cc1ccc(-c2ccncc2C(=O)O)cc1. The average molecular weight is 350 g/mol. The van der Waals surface area contributed by atoms with Crippen LogP contribution in [0, 0.1) is 0 Å². The Kier molecular flexibility index (Phi) is 5.41. The zero-order valence-electron chi connectivity index (χ0n) is 15.0. The molecular formula is C20H22N4O2. The van der Waals surface area contributed by atoms with Crippen molar-refractivity contribution < 1.29 is 9.90 Å². The van der Waals surface area contributed by atoms with Crippen molar-refractivity contribution in [3.8, 4) is 11.1 Å². The minimum atomic E-state index is -0.975. The average Bonchev–Trinajstić information content (AvgIpc) is 3.04. The smallest absolute Gasteiger partial charge is 0.337 e. The monoisotopic (exact) mass is 350 g/mol. The molecule has 0 atom stereocenters. The Bertz CT molecular complexity index is 900. The number of pyridine rings is 1. The number of rotatable bonds is 7. The fourth-order valence-corrected chi connectivity index (χ4v) is 2.90. The van der Waals surface area contributed by atoms with E-state index in [0.717, 1.165) is 42.2 Å². The number of carboxylic acids is 1. The van der Waals surface area contributed by atoms with E-state index in [1.54, 1.807) is 12.3 Å². The lowest BCUT2D eigenvalue weighted by Gasteiger charge is -2.08. The first-order valence-corrected chi connectivity index (χ1v) is 8.81. The van der Waals surface area contributed by atoms with Gasteiger partial charge >= 0.3 is 5.97 Å². The lowest BCUT2D eigenvalue weighted by molar-refractivity contribution is 0.0697. The van der Waals surface area contributed by atoms with Gasteiger partial charge in [0.15, 0.2) is 5.82 Å². The number of hydrogen-bond acceptors (Lipinski definition) is 4. The molecule has 0 aliphatic rings. The number of aryl methyl sites for hydroxylation is 2. The van der Waals surface area contributed by atoms with Crippen molar-refractivity contribution in [3.05, 3.63) is 65.5 Å². The van der Waals surface area contributed by atoms with Gasteiger partial charge in [-0.25, -0.2) is 14.5 Å². The van der Waals surface area contributed by atoms with E-state index in [1.165, 1.54) is 6.20 Å². The van der Waals surface area contributed by atoms with Crippen molar-refractivity contribution in [2.45, 2.75) is 39.7 Å². The first-order chi connectivity index (χ1) is 12.6. The number of carboxylic acid groups (broad SMARTS) is 1. The van der Waals surface area contributed by atoms with Crippen molar-refractivity contribution in [3.63, 3.8) is 0 Å². The first kappa shape index (κ1) is 17.8. The molecule has 0 fully saturated rings. The van der Waals surface area contributed by atoms with Crippen molar-refractivity contribution in [2.24, 2.45) is 0 Å². The van der Waals surface area contributed by atoms with E-state index in [-0.39, 0.29) is 5.56 Å². The summed E-state index contributed by atoms with van der Waals surface area (Å²) < 4.78 is 1.98. The van der Waals surface area contributed by atoms with Gasteiger partial charge in [0.25, 0.3) is 0 Å². The van der Waals surface area contributed by atoms with E-state index in [1.807, 2.05) is 28.9 Å². The predicted molar refractivity (Wildman–Crippen MR) is 99.1 cm³/mol. The second-order valence-electron chi connectivity index (χ2n) is 6.12. The number of aromatic carboxylic acids is 1. The molecule has 1 aromatic carbocycles. The maximum absolute atomic E-state index is 11.4. The molecule has 3 aromatic rings. The van der Waals surface area contributed by atoms with Crippen LogP contribution in [0.4, 0.5) is 0 Å². The Labute approximate surface area is 152 Å². The van der Waals surface area contributed by atoms with Gasteiger partial charge in [-0.3, -0.25) is 4.98 Å². The molecule has 0 aliphatic heterocycles. The summed E-state index contributed by atoms with van der Waals surface area (Å²) in [5, 5.41) is 13.9. The maximum atomic E-state index is 11.4. The summed E-state index contributed by atoms with van der Waals surface area (Å²) in [7, 11) is 0. The molecule has 3 rings (SSSR count). The molecular weight excluding hydrogens is 328 g/mol. The van der Waals surface area contributed by atoms with Gasteiger partial charge in [0.2, 0.25) is 0 Å². The minimum Gasteiger partial charge on any atom is -0.478 e. The summed E-state index contributed by atoms with van der Waals surface area (Å²) in [6.45, 7) is 5.04. The third-order valence-corrected chi connectivity index (χ3v) is 4.22. The topological polar surface area (TPSA) is 80.9 Å². The fraction of sp³-hybridized carbons (Fsp3) is 0.300. The molecule has 1 N–H and O–H groups in total. The number of hydrogen-bond donors (Lipinski definition) is 1. The Morgan fingerprint density at radius 3 is 2.58 bits per heavy atom. The van der Waals surface area contributed by atoms with Crippen molar-refractivity contribution in [1.82, 2.24) is 19.7 Å². The molecule has 6 nitrogen and oxygen atoms in total. The second kappa shape index (κ2) is 7.91. The zero-order chi connectivity index (χ0) is 18.5. The van der Waals surface area contributed by atoms with Crippen LogP contribution in [0.3, 0.4) is 0 Å². The van der Waals surface area contributed by atoms with Crippen LogP contribution in [0.2, 0.25) is 0 Å². The molecule has 0 saturated heterocycles. The van der Waals surface area contributed by atoms with E-state index in [9.17, 15) is 9.90 Å². The molecule has 26 heavy (non-hydrogen) atoms. The molecule has 2 aromatic heterocycles. The molecule has 0 saturated carbocycles. The molecule has 0 bridgehead atoms. The standard InChI is InChI=1S/C20H22N4O2/c1-3-11-24-19(22-18(4-2)23-24)12-14-5-7-15(8-6-14)16-9-10-21-13-17(16)20(25)26/h5-10,13H,3-4,11-12H2,1-2H3,(H,25,26). The third kappa shape index (κ3) is 3.79. The summed E-state index contributed by atoms with van der Waals surface area (Å²) in [6.07, 6.45) is 5.52. The van der Waals surface area contributed by atoms with Crippen LogP contribution < -0.4 is 0 Å². The quantitative estimate of drug-likeness (QED) is 0.704. The second-order valence-corrected chi connectivity index (χ2v) is 6.12. The number of nitrogens with zero attached hydrogens (tertiary/aromatic N) is 4. The summed E-state index contributed by atoms with van der Waals surface area (Å²) in [4.78, 5) is 19.9. The van der Waals surface area contributed by atoms with Gasteiger partial charge in [-0.2, -0.15) is 5.10 Å². The van der Waals surface area contributed by atoms with E-state index < -0.39 is 5.97 Å². The zero-order valence-corrected chi connectivity index (χ0v) is 15.0. The van der Waals surface area contributed by atoms with E-state index in [4.69, 9.17) is 0 Å². The lowest BCUT2D eigenvalue weighted by atomic mass is 10.00. The molecule has 6 heteroatoms. The van der Waals surface area contributed by atoms with Gasteiger partial charge in [0, 0.05) is 31.8 Å². The normalized spacial score (nSPS) is 10.8. The van der Waals surface area contributed by atoms with Gasteiger partial charge in [-0.1, -0.05) is 38.1 Å². The summed E-state index contributed by atoms with van der Waals surface area (Å²) in [6, 6.07) is 9.64. The van der Waals surface area contributed by atoms with Gasteiger partial charge in [-0.15, -0.1) is 0 Å². The Hall–Kier alpha value is -3.02. The fourth-order valence-electron chi connectivity index (χ4n) is 2.90. The lowest BCUT2D eigenvalue weighted by Crippen LogP contribution is -2.06. The van der Waals surface area contributed by atoms with Crippen molar-refractivity contribution in [2.75, 3.05) is 0 Å². The van der Waals surface area contributed by atoms with Gasteiger partial charge in [-0.05, 0) is 29.2 Å². The van der Waals surface area contributed by atoms with Gasteiger partial charge in [0.1, 0.15) is 5.82 Å². The van der Waals surface area contributed by atoms with Crippen LogP contribution in [-0.2, 0) is 19.4 Å². The molecule has 0 unspecified atom stereocenters. The molecule has 0 radical (unpaired) electrons. The van der Waals surface area contributed by atoms with Crippen LogP contribution in [0.1, 0.15) is 47.8 Å². The van der Waals surface area contributed by atoms with Gasteiger partial charge in [0.05, 0.1) is 5.56 Å². The van der Waals surface area contributed by atoms with Crippen LogP contribution in [0.5, 0.6) is 0 Å². The Balaban J connectivity index is 1.85. The van der Waals surface area contributed by atoms with Crippen LogP contribution in [-0.4, -0.2) is 30.8 Å². The number of carbonyl (C=O) groups is 1. The Morgan fingerprint density at radius 1 is 1.15 bits per heavy atom. The summed E-state index contributed by atoms with van der Waals surface area (Å²) in [5.41, 5.74) is 2.85. The number of benzene rings is 1. The highest BCUT2D eigenvalue weighted by Gasteiger charge is 2.12. The Morgan fingerprint density at radius 2 is 1.92 bits per heavy atom. The minimum absolute atomic E-state index is 0.204. The summed E-state index contributed by atoms with van der Waals surface area (Å²) >= 11 is 0. The van der Waals surface area contributed by atoms with Crippen LogP contribution in [0.25, 0.3) is 11.1 Å². The van der Waals surface area contributed by atoms with E-state index in [0.29, 0.717) is 12.0 Å². The highest BCUT2D eigenvalue weighted by molar-refractivity contribution is 5.95. The number of aromatic nitrogens is 4. The van der Waals surface area contributed by atoms with E-state index in [2.05, 4.69) is 28.9 Å². The van der Waals surface area contributed by atoms with Crippen molar-refractivity contribution >= 4 is 5.97 Å². The largest absolute Gasteiger partial charge is 0.478 e. The van der Waals surface area contributed by atoms with Crippen molar-refractivity contribution in [1.29, 1.82) is 0 Å². The summed E-state index contributed by atoms with van der Waals surface area (Å²) in [5.74, 6) is 0.858. The highest BCUT2D eigenvalue weighted by Crippen LogP contribution is 2.24. The molecule has 0 aliphatic carbocycles. The molecule has 0 amide bonds. The first-order valence-electron chi connectivity index (χ1n) is 8.81. The molecule has 2 heterocycles. The van der Waals surface area contributed by atoms with Crippen LogP contribution in [0.15, 0.2) is 42.7 Å². The van der Waals surface area contributed by atoms with Crippen LogP contribution >= 0.6 is 0 Å². The molecule has 134 valence electrons. The molecule has 0 spiro atoms. The highest BCUT2D eigenvalue weighted by atomic mass is 16.4.